The van der Waals surface area contributed by atoms with Gasteiger partial charge in [-0.3, -0.25) is 10.8 Å². The van der Waals surface area contributed by atoms with Crippen LogP contribution < -0.4 is 16.0 Å². The summed E-state index contributed by atoms with van der Waals surface area (Å²) in [5.74, 6) is 5.53. The summed E-state index contributed by atoms with van der Waals surface area (Å²) < 4.78 is 18.3. The fourth-order valence-electron chi connectivity index (χ4n) is 1.71. The second-order valence-electron chi connectivity index (χ2n) is 3.61. The van der Waals surface area contributed by atoms with Gasteiger partial charge < -0.3 is 4.74 Å². The van der Waals surface area contributed by atoms with Gasteiger partial charge in [-0.05, 0) is 17.7 Å². The number of hydrogen-bond donors (Lipinski definition) is 2. The number of hydrazine groups is 1. The van der Waals surface area contributed by atoms with Crippen molar-refractivity contribution < 1.29 is 9.13 Å². The third-order valence-corrected chi connectivity index (χ3v) is 2.51. The Kier molecular flexibility index (Phi) is 3.81. The van der Waals surface area contributed by atoms with E-state index in [1.807, 2.05) is 0 Å². The largest absolute Gasteiger partial charge is 0.480 e. The molecule has 0 aliphatic heterocycles. The van der Waals surface area contributed by atoms with Gasteiger partial charge in [0.25, 0.3) is 0 Å². The molecule has 0 radical (unpaired) electrons. The minimum atomic E-state index is -0.482. The number of benzene rings is 1. The van der Waals surface area contributed by atoms with Gasteiger partial charge in [0.05, 0.1) is 13.2 Å². The predicted molar refractivity (Wildman–Crippen MR) is 64.2 cm³/mol. The van der Waals surface area contributed by atoms with E-state index in [1.54, 1.807) is 12.1 Å². The molecule has 0 spiro atoms. The Morgan fingerprint density at radius 3 is 2.78 bits per heavy atom. The number of nitrogens with one attached hydrogen (secondary N) is 1. The Balaban J connectivity index is 2.45. The highest BCUT2D eigenvalue weighted by molar-refractivity contribution is 5.32. The molecule has 18 heavy (non-hydrogen) atoms. The summed E-state index contributed by atoms with van der Waals surface area (Å²) in [5, 5.41) is 0. The molecule has 1 heterocycles. The van der Waals surface area contributed by atoms with Crippen LogP contribution in [0, 0.1) is 5.82 Å². The van der Waals surface area contributed by atoms with E-state index in [2.05, 4.69) is 15.4 Å². The van der Waals surface area contributed by atoms with Crippen molar-refractivity contribution in [2.24, 2.45) is 5.84 Å². The summed E-state index contributed by atoms with van der Waals surface area (Å²) in [6, 6.07) is 5.63. The third kappa shape index (κ3) is 2.44. The summed E-state index contributed by atoms with van der Waals surface area (Å²) in [7, 11) is 1.49. The van der Waals surface area contributed by atoms with Crippen molar-refractivity contribution in [1.29, 1.82) is 0 Å². The van der Waals surface area contributed by atoms with E-state index in [0.717, 1.165) is 0 Å². The second kappa shape index (κ2) is 5.52. The van der Waals surface area contributed by atoms with Crippen molar-refractivity contribution in [3.8, 4) is 5.88 Å². The van der Waals surface area contributed by atoms with Crippen LogP contribution in [-0.2, 0) is 0 Å². The van der Waals surface area contributed by atoms with Crippen molar-refractivity contribution >= 4 is 0 Å². The van der Waals surface area contributed by atoms with Crippen LogP contribution in [0.4, 0.5) is 4.39 Å². The Hall–Kier alpha value is -2.05. The fourth-order valence-corrected chi connectivity index (χ4v) is 1.71. The van der Waals surface area contributed by atoms with Gasteiger partial charge in [0.2, 0.25) is 5.88 Å². The van der Waals surface area contributed by atoms with Crippen LogP contribution in [0.5, 0.6) is 5.88 Å². The van der Waals surface area contributed by atoms with Gasteiger partial charge in [-0.2, -0.15) is 0 Å². The van der Waals surface area contributed by atoms with Crippen LogP contribution in [0.3, 0.4) is 0 Å². The van der Waals surface area contributed by atoms with Crippen LogP contribution in [0.1, 0.15) is 17.3 Å². The summed E-state index contributed by atoms with van der Waals surface area (Å²) in [6.07, 6.45) is 3.04. The van der Waals surface area contributed by atoms with Crippen molar-refractivity contribution in [3.63, 3.8) is 0 Å². The maximum atomic E-state index is 13.2. The minimum Gasteiger partial charge on any atom is -0.480 e. The molecule has 0 saturated carbocycles. The van der Waals surface area contributed by atoms with Crippen molar-refractivity contribution in [2.45, 2.75) is 6.04 Å². The van der Waals surface area contributed by atoms with E-state index in [1.165, 1.54) is 31.6 Å². The number of rotatable bonds is 4. The van der Waals surface area contributed by atoms with Crippen LogP contribution in [-0.4, -0.2) is 17.1 Å². The number of methoxy groups -OCH3 is 1. The summed E-state index contributed by atoms with van der Waals surface area (Å²) in [5.41, 5.74) is 3.74. The molecule has 0 fully saturated rings. The monoisotopic (exact) mass is 248 g/mol. The normalized spacial score (nSPS) is 12.2. The van der Waals surface area contributed by atoms with Crippen molar-refractivity contribution in [1.82, 2.24) is 15.4 Å². The molecule has 3 N–H and O–H groups in total. The summed E-state index contributed by atoms with van der Waals surface area (Å²) >= 11 is 0. The molecule has 2 rings (SSSR count). The lowest BCUT2D eigenvalue weighted by molar-refractivity contribution is 0.383. The Bertz CT molecular complexity index is 535. The van der Waals surface area contributed by atoms with Crippen molar-refractivity contribution in [2.75, 3.05) is 7.11 Å². The Morgan fingerprint density at radius 2 is 2.11 bits per heavy atom. The van der Waals surface area contributed by atoms with E-state index >= 15 is 0 Å². The fraction of sp³-hybridized carbons (Fsp3) is 0.167. The molecule has 1 unspecified atom stereocenters. The maximum Gasteiger partial charge on any atom is 0.237 e. The van der Waals surface area contributed by atoms with Gasteiger partial charge in [0, 0.05) is 12.4 Å². The van der Waals surface area contributed by atoms with Gasteiger partial charge >= 0.3 is 0 Å². The zero-order valence-electron chi connectivity index (χ0n) is 9.80. The predicted octanol–water partition coefficient (Wildman–Crippen LogP) is 1.18. The second-order valence-corrected chi connectivity index (χ2v) is 3.61. The van der Waals surface area contributed by atoms with Gasteiger partial charge in [0.1, 0.15) is 11.5 Å². The van der Waals surface area contributed by atoms with Crippen LogP contribution in [0.2, 0.25) is 0 Å². The average molecular weight is 248 g/mol. The van der Waals surface area contributed by atoms with Gasteiger partial charge in [-0.1, -0.05) is 12.1 Å². The van der Waals surface area contributed by atoms with E-state index in [-0.39, 0.29) is 5.82 Å². The molecule has 0 saturated heterocycles. The molecule has 6 heteroatoms. The first-order chi connectivity index (χ1) is 8.76. The van der Waals surface area contributed by atoms with Crippen LogP contribution in [0.25, 0.3) is 0 Å². The minimum absolute atomic E-state index is 0.337. The number of nitrogens with zero attached hydrogens (tertiary/aromatic N) is 2. The quantitative estimate of drug-likeness (QED) is 0.628. The molecule has 94 valence electrons. The summed E-state index contributed by atoms with van der Waals surface area (Å²) in [4.78, 5) is 8.21. The number of halogens is 1. The first-order valence-corrected chi connectivity index (χ1v) is 5.32. The van der Waals surface area contributed by atoms with E-state index in [4.69, 9.17) is 10.6 Å². The number of nitrogens with two attached hydrogens (primary N) is 1. The molecule has 1 aromatic carbocycles. The Labute approximate surface area is 104 Å². The molecular formula is C12H13FN4O. The molecule has 0 amide bonds. The van der Waals surface area contributed by atoms with E-state index in [9.17, 15) is 4.39 Å². The molecule has 1 atom stereocenters. The van der Waals surface area contributed by atoms with Gasteiger partial charge in [-0.25, -0.2) is 14.8 Å². The van der Waals surface area contributed by atoms with Gasteiger partial charge in [0.15, 0.2) is 0 Å². The van der Waals surface area contributed by atoms with E-state index in [0.29, 0.717) is 17.1 Å². The molecule has 2 aromatic rings. The molecule has 0 aliphatic rings. The first kappa shape index (κ1) is 12.4. The molecule has 0 bridgehead atoms. The number of ether oxygens (including phenoxy) is 1. The SMILES string of the molecule is COc1nccnc1C(NN)c1cccc(F)c1. The molecule has 1 aromatic heterocycles. The highest BCUT2D eigenvalue weighted by atomic mass is 19.1. The van der Waals surface area contributed by atoms with Gasteiger partial charge in [-0.15, -0.1) is 0 Å². The zero-order valence-corrected chi connectivity index (χ0v) is 9.80. The number of hydrogen-bond acceptors (Lipinski definition) is 5. The van der Waals surface area contributed by atoms with Crippen LogP contribution in [0.15, 0.2) is 36.7 Å². The lowest BCUT2D eigenvalue weighted by Gasteiger charge is -2.17. The average Bonchev–Trinajstić information content (AvgIpc) is 2.40. The summed E-state index contributed by atoms with van der Waals surface area (Å²) in [6.45, 7) is 0. The number of aromatic nitrogens is 2. The molecule has 0 aliphatic carbocycles. The zero-order chi connectivity index (χ0) is 13.0. The maximum absolute atomic E-state index is 13.2. The lowest BCUT2D eigenvalue weighted by Crippen LogP contribution is -2.30. The van der Waals surface area contributed by atoms with Crippen LogP contribution >= 0.6 is 0 Å². The van der Waals surface area contributed by atoms with Crippen molar-refractivity contribution in [3.05, 3.63) is 53.7 Å². The molecular weight excluding hydrogens is 235 g/mol. The highest BCUT2D eigenvalue weighted by Crippen LogP contribution is 2.25. The Morgan fingerprint density at radius 1 is 1.33 bits per heavy atom. The highest BCUT2D eigenvalue weighted by Gasteiger charge is 2.19. The smallest absolute Gasteiger partial charge is 0.237 e. The standard InChI is InChI=1S/C12H13FN4O/c1-18-12-11(15-5-6-16-12)10(17-14)8-3-2-4-9(13)7-8/h2-7,10,17H,14H2,1H3. The topological polar surface area (TPSA) is 73.1 Å². The third-order valence-electron chi connectivity index (χ3n) is 2.51. The molecule has 5 nitrogen and oxygen atoms in total. The lowest BCUT2D eigenvalue weighted by atomic mass is 10.0. The van der Waals surface area contributed by atoms with E-state index < -0.39 is 6.04 Å². The first-order valence-electron chi connectivity index (χ1n) is 5.32.